The van der Waals surface area contributed by atoms with Crippen molar-refractivity contribution in [2.24, 2.45) is 5.73 Å². The van der Waals surface area contributed by atoms with E-state index in [4.69, 9.17) is 5.73 Å². The van der Waals surface area contributed by atoms with Crippen molar-refractivity contribution in [1.82, 2.24) is 10.2 Å². The summed E-state index contributed by atoms with van der Waals surface area (Å²) in [5.74, 6) is -0.186. The van der Waals surface area contributed by atoms with Crippen LogP contribution in [0, 0.1) is 0 Å². The van der Waals surface area contributed by atoms with E-state index in [1.54, 1.807) is 0 Å². The van der Waals surface area contributed by atoms with E-state index in [9.17, 15) is 4.79 Å². The number of rotatable bonds is 4. The largest absolute Gasteiger partial charge is 0.370 e. The maximum atomic E-state index is 11.3. The van der Waals surface area contributed by atoms with Crippen LogP contribution in [0.2, 0.25) is 0 Å². The molecule has 0 aromatic rings. The highest BCUT2D eigenvalue weighted by Crippen LogP contribution is 2.39. The number of carbonyl (C=O) groups excluding carboxylic acids is 1. The smallest absolute Gasteiger partial charge is 0.219 e. The fourth-order valence-corrected chi connectivity index (χ4v) is 4.12. The molecule has 0 spiro atoms. The summed E-state index contributed by atoms with van der Waals surface area (Å²) in [6, 6.07) is 1.87. The number of hydrogen-bond acceptors (Lipinski definition) is 3. The molecule has 2 aliphatic heterocycles. The molecule has 2 atom stereocenters. The molecule has 0 aliphatic carbocycles. The van der Waals surface area contributed by atoms with Crippen LogP contribution in [0.1, 0.15) is 52.4 Å². The molecule has 2 heterocycles. The first kappa shape index (κ1) is 13.8. The van der Waals surface area contributed by atoms with E-state index < -0.39 is 0 Å². The van der Waals surface area contributed by atoms with Gasteiger partial charge < -0.3 is 11.1 Å². The van der Waals surface area contributed by atoms with Crippen molar-refractivity contribution in [3.63, 3.8) is 0 Å². The van der Waals surface area contributed by atoms with Crippen LogP contribution in [0.4, 0.5) is 0 Å². The average molecular weight is 253 g/mol. The lowest BCUT2D eigenvalue weighted by Gasteiger charge is -2.55. The van der Waals surface area contributed by atoms with Gasteiger partial charge in [-0.1, -0.05) is 6.42 Å². The molecule has 3 N–H and O–H groups in total. The highest BCUT2D eigenvalue weighted by molar-refractivity contribution is 5.75. The van der Waals surface area contributed by atoms with Crippen molar-refractivity contribution in [3.05, 3.63) is 0 Å². The van der Waals surface area contributed by atoms with Gasteiger partial charge in [0, 0.05) is 30.1 Å². The minimum atomic E-state index is -0.186. The molecule has 2 fully saturated rings. The van der Waals surface area contributed by atoms with Gasteiger partial charge in [0.1, 0.15) is 0 Å². The second-order valence-corrected chi connectivity index (χ2v) is 6.56. The summed E-state index contributed by atoms with van der Waals surface area (Å²) in [6.07, 6.45) is 6.72. The number of amides is 1. The SMILES string of the molecule is CNC1CC2CCCC(C1)N2C(C)(C)CC(N)=O. The van der Waals surface area contributed by atoms with Gasteiger partial charge in [-0.25, -0.2) is 0 Å². The zero-order chi connectivity index (χ0) is 13.3. The van der Waals surface area contributed by atoms with Crippen LogP contribution >= 0.6 is 0 Å². The highest BCUT2D eigenvalue weighted by Gasteiger charge is 2.44. The lowest BCUT2D eigenvalue weighted by atomic mass is 9.77. The molecule has 2 saturated heterocycles. The summed E-state index contributed by atoms with van der Waals surface area (Å²) in [5, 5.41) is 3.43. The third kappa shape index (κ3) is 2.69. The minimum absolute atomic E-state index is 0.0969. The molecule has 0 saturated carbocycles. The molecule has 2 aliphatic rings. The Morgan fingerprint density at radius 1 is 1.33 bits per heavy atom. The van der Waals surface area contributed by atoms with Crippen molar-refractivity contribution < 1.29 is 4.79 Å². The van der Waals surface area contributed by atoms with E-state index in [-0.39, 0.29) is 11.4 Å². The van der Waals surface area contributed by atoms with Crippen LogP contribution in [0.15, 0.2) is 0 Å². The quantitative estimate of drug-likeness (QED) is 0.792. The normalized spacial score (nSPS) is 33.4. The molecule has 2 rings (SSSR count). The Morgan fingerprint density at radius 2 is 1.89 bits per heavy atom. The Bertz CT molecular complexity index is 302. The molecule has 2 unspecified atom stereocenters. The van der Waals surface area contributed by atoms with Crippen LogP contribution in [-0.2, 0) is 4.79 Å². The van der Waals surface area contributed by atoms with Crippen LogP contribution in [0.3, 0.4) is 0 Å². The molecule has 0 aromatic heterocycles. The number of piperidine rings is 2. The number of nitrogens with two attached hydrogens (primary N) is 1. The van der Waals surface area contributed by atoms with Crippen LogP contribution in [0.5, 0.6) is 0 Å². The van der Waals surface area contributed by atoms with E-state index in [1.165, 1.54) is 32.1 Å². The van der Waals surface area contributed by atoms with Crippen LogP contribution < -0.4 is 11.1 Å². The third-order valence-corrected chi connectivity index (χ3v) is 4.69. The van der Waals surface area contributed by atoms with E-state index in [0.29, 0.717) is 24.5 Å². The van der Waals surface area contributed by atoms with Gasteiger partial charge in [-0.2, -0.15) is 0 Å². The van der Waals surface area contributed by atoms with Crippen LogP contribution in [0.25, 0.3) is 0 Å². The maximum Gasteiger partial charge on any atom is 0.219 e. The van der Waals surface area contributed by atoms with E-state index >= 15 is 0 Å². The van der Waals surface area contributed by atoms with Gasteiger partial charge in [-0.15, -0.1) is 0 Å². The van der Waals surface area contributed by atoms with Gasteiger partial charge in [0.15, 0.2) is 0 Å². The Morgan fingerprint density at radius 3 is 2.33 bits per heavy atom. The van der Waals surface area contributed by atoms with Crippen molar-refractivity contribution >= 4 is 5.91 Å². The van der Waals surface area contributed by atoms with Gasteiger partial charge >= 0.3 is 0 Å². The summed E-state index contributed by atoms with van der Waals surface area (Å²) >= 11 is 0. The average Bonchev–Trinajstić information content (AvgIpc) is 2.25. The van der Waals surface area contributed by atoms with Gasteiger partial charge in [0.05, 0.1) is 0 Å². The predicted molar refractivity (Wildman–Crippen MR) is 73.2 cm³/mol. The fraction of sp³-hybridized carbons (Fsp3) is 0.929. The minimum Gasteiger partial charge on any atom is -0.370 e. The van der Waals surface area contributed by atoms with Crippen molar-refractivity contribution in [2.45, 2.75) is 76.0 Å². The molecule has 0 radical (unpaired) electrons. The zero-order valence-corrected chi connectivity index (χ0v) is 11.9. The molecule has 1 amide bonds. The standard InChI is InChI=1S/C14H27N3O/c1-14(2,9-13(15)18)17-11-5-4-6-12(17)8-10(7-11)16-3/h10-12,16H,4-9H2,1-3H3,(H2,15,18). The molecule has 4 heteroatoms. The van der Waals surface area contributed by atoms with Crippen molar-refractivity contribution in [2.75, 3.05) is 7.05 Å². The molecule has 0 aromatic carbocycles. The number of fused-ring (bicyclic) bond motifs is 2. The first-order chi connectivity index (χ1) is 8.44. The third-order valence-electron chi connectivity index (χ3n) is 4.69. The second-order valence-electron chi connectivity index (χ2n) is 6.56. The van der Waals surface area contributed by atoms with Gasteiger partial charge in [-0.05, 0) is 46.6 Å². The van der Waals surface area contributed by atoms with Crippen molar-refractivity contribution in [1.29, 1.82) is 0 Å². The van der Waals surface area contributed by atoms with E-state index in [1.807, 2.05) is 0 Å². The Balaban J connectivity index is 2.15. The maximum absolute atomic E-state index is 11.3. The zero-order valence-electron chi connectivity index (χ0n) is 11.9. The molecular weight excluding hydrogens is 226 g/mol. The number of nitrogens with one attached hydrogen (secondary N) is 1. The predicted octanol–water partition coefficient (Wildman–Crippen LogP) is 1.25. The molecule has 2 bridgehead atoms. The Labute approximate surface area is 110 Å². The number of primary amides is 1. The first-order valence-electron chi connectivity index (χ1n) is 7.18. The van der Waals surface area contributed by atoms with Crippen molar-refractivity contribution in [3.8, 4) is 0 Å². The topological polar surface area (TPSA) is 58.4 Å². The molecule has 18 heavy (non-hydrogen) atoms. The van der Waals surface area contributed by atoms with Gasteiger partial charge in [-0.3, -0.25) is 9.69 Å². The number of hydrogen-bond donors (Lipinski definition) is 2. The summed E-state index contributed by atoms with van der Waals surface area (Å²) in [6.45, 7) is 4.34. The molecule has 104 valence electrons. The Hall–Kier alpha value is -0.610. The van der Waals surface area contributed by atoms with E-state index in [2.05, 4.69) is 31.1 Å². The lowest BCUT2D eigenvalue weighted by Crippen LogP contribution is -2.63. The fourth-order valence-electron chi connectivity index (χ4n) is 4.12. The summed E-state index contributed by atoms with van der Waals surface area (Å²) < 4.78 is 0. The molecular formula is C14H27N3O. The van der Waals surface area contributed by atoms with Gasteiger partial charge in [0.2, 0.25) is 5.91 Å². The second kappa shape index (κ2) is 5.17. The van der Waals surface area contributed by atoms with Gasteiger partial charge in [0.25, 0.3) is 0 Å². The summed E-state index contributed by atoms with van der Waals surface area (Å²) in [5.41, 5.74) is 5.31. The summed E-state index contributed by atoms with van der Waals surface area (Å²) in [4.78, 5) is 13.9. The summed E-state index contributed by atoms with van der Waals surface area (Å²) in [7, 11) is 2.06. The Kier molecular flexibility index (Phi) is 3.97. The monoisotopic (exact) mass is 253 g/mol. The van der Waals surface area contributed by atoms with E-state index in [0.717, 1.165) is 0 Å². The number of carbonyl (C=O) groups is 1. The number of nitrogens with zero attached hydrogens (tertiary/aromatic N) is 1. The lowest BCUT2D eigenvalue weighted by molar-refractivity contribution is -0.123. The highest BCUT2D eigenvalue weighted by atomic mass is 16.1. The molecule has 4 nitrogen and oxygen atoms in total. The first-order valence-corrected chi connectivity index (χ1v) is 7.18. The van der Waals surface area contributed by atoms with Crippen LogP contribution in [-0.4, -0.2) is 41.5 Å².